The highest BCUT2D eigenvalue weighted by Gasteiger charge is 2.24. The first-order chi connectivity index (χ1) is 7.58. The fourth-order valence-corrected chi connectivity index (χ4v) is 2.19. The maximum Gasteiger partial charge on any atom is 0.272 e. The van der Waals surface area contributed by atoms with Crippen LogP contribution < -0.4 is 5.32 Å². The van der Waals surface area contributed by atoms with Gasteiger partial charge < -0.3 is 5.32 Å². The number of H-pyrrole nitrogens is 1. The smallest absolute Gasteiger partial charge is 0.272 e. The molecule has 0 unspecified atom stereocenters. The van der Waals surface area contributed by atoms with Crippen molar-refractivity contribution in [3.8, 4) is 0 Å². The number of carbonyl (C=O) groups is 1. The summed E-state index contributed by atoms with van der Waals surface area (Å²) in [4.78, 5) is 11.9. The van der Waals surface area contributed by atoms with Crippen LogP contribution in [0.4, 0.5) is 0 Å². The molecule has 16 heavy (non-hydrogen) atoms. The van der Waals surface area contributed by atoms with Crippen LogP contribution in [0.25, 0.3) is 0 Å². The SMILES string of the molecule is CC(C)NC(=O)c1n[nH]c2c1C[C@H](C)CC2. The molecule has 1 amide bonds. The highest BCUT2D eigenvalue weighted by atomic mass is 16.2. The number of aromatic nitrogens is 2. The average Bonchev–Trinajstić information content (AvgIpc) is 2.59. The maximum atomic E-state index is 11.9. The third kappa shape index (κ3) is 2.10. The minimum absolute atomic E-state index is 0.0541. The molecule has 2 N–H and O–H groups in total. The number of hydrogen-bond acceptors (Lipinski definition) is 2. The lowest BCUT2D eigenvalue weighted by atomic mass is 9.87. The standard InChI is InChI=1S/C12H19N3O/c1-7(2)13-12(16)11-9-6-8(3)4-5-10(9)14-15-11/h7-8H,4-6H2,1-3H3,(H,13,16)(H,14,15)/t8-/m1/s1. The van der Waals surface area contributed by atoms with E-state index in [0.717, 1.165) is 24.1 Å². The lowest BCUT2D eigenvalue weighted by Gasteiger charge is -2.18. The molecule has 0 saturated heterocycles. The Balaban J connectivity index is 2.22. The van der Waals surface area contributed by atoms with Crippen molar-refractivity contribution >= 4 is 5.91 Å². The summed E-state index contributed by atoms with van der Waals surface area (Å²) in [6.07, 6.45) is 3.16. The monoisotopic (exact) mass is 221 g/mol. The number of amides is 1. The Kier molecular flexibility index (Phi) is 2.99. The third-order valence-corrected chi connectivity index (χ3v) is 3.03. The predicted octanol–water partition coefficient (Wildman–Crippen LogP) is 1.67. The molecule has 0 spiro atoms. The average molecular weight is 221 g/mol. The molecular formula is C12H19N3O. The zero-order valence-electron chi connectivity index (χ0n) is 10.1. The number of nitrogens with zero attached hydrogens (tertiary/aromatic N) is 1. The quantitative estimate of drug-likeness (QED) is 0.798. The molecule has 0 saturated carbocycles. The molecule has 4 heteroatoms. The number of hydrogen-bond donors (Lipinski definition) is 2. The molecule has 1 aliphatic carbocycles. The zero-order chi connectivity index (χ0) is 11.7. The van der Waals surface area contributed by atoms with Gasteiger partial charge in [0, 0.05) is 17.3 Å². The second kappa shape index (κ2) is 4.28. The Labute approximate surface area is 95.8 Å². The Morgan fingerprint density at radius 3 is 3.00 bits per heavy atom. The van der Waals surface area contributed by atoms with E-state index in [4.69, 9.17) is 0 Å². The van der Waals surface area contributed by atoms with Gasteiger partial charge in [0.2, 0.25) is 0 Å². The summed E-state index contributed by atoms with van der Waals surface area (Å²) in [5, 5.41) is 10.0. The van der Waals surface area contributed by atoms with E-state index in [2.05, 4.69) is 22.4 Å². The van der Waals surface area contributed by atoms with Crippen molar-refractivity contribution in [3.63, 3.8) is 0 Å². The Hall–Kier alpha value is -1.32. The highest BCUT2D eigenvalue weighted by molar-refractivity contribution is 5.94. The molecule has 88 valence electrons. The van der Waals surface area contributed by atoms with Gasteiger partial charge in [0.05, 0.1) is 0 Å². The van der Waals surface area contributed by atoms with Gasteiger partial charge in [0.25, 0.3) is 5.91 Å². The van der Waals surface area contributed by atoms with Crippen LogP contribution in [0.1, 0.15) is 48.9 Å². The van der Waals surface area contributed by atoms with Crippen molar-refractivity contribution in [2.24, 2.45) is 5.92 Å². The predicted molar refractivity (Wildman–Crippen MR) is 62.4 cm³/mol. The van der Waals surface area contributed by atoms with Crippen LogP contribution in [0.3, 0.4) is 0 Å². The molecule has 0 bridgehead atoms. The van der Waals surface area contributed by atoms with Crippen molar-refractivity contribution in [1.82, 2.24) is 15.5 Å². The van der Waals surface area contributed by atoms with Gasteiger partial charge in [-0.25, -0.2) is 0 Å². The third-order valence-electron chi connectivity index (χ3n) is 3.03. The lowest BCUT2D eigenvalue weighted by Crippen LogP contribution is -2.31. The van der Waals surface area contributed by atoms with Gasteiger partial charge in [-0.3, -0.25) is 9.89 Å². The minimum Gasteiger partial charge on any atom is -0.348 e. The summed E-state index contributed by atoms with van der Waals surface area (Å²) >= 11 is 0. The van der Waals surface area contributed by atoms with Crippen LogP contribution in [-0.4, -0.2) is 22.1 Å². The van der Waals surface area contributed by atoms with E-state index in [9.17, 15) is 4.79 Å². The van der Waals surface area contributed by atoms with E-state index >= 15 is 0 Å². The summed E-state index contributed by atoms with van der Waals surface area (Å²) in [5.41, 5.74) is 2.86. The Morgan fingerprint density at radius 1 is 1.56 bits per heavy atom. The summed E-state index contributed by atoms with van der Waals surface area (Å²) in [6.45, 7) is 6.14. The minimum atomic E-state index is -0.0541. The van der Waals surface area contributed by atoms with E-state index < -0.39 is 0 Å². The molecule has 1 aromatic heterocycles. The molecule has 1 aromatic rings. The fourth-order valence-electron chi connectivity index (χ4n) is 2.19. The second-order valence-electron chi connectivity index (χ2n) is 5.01. The van der Waals surface area contributed by atoms with Crippen LogP contribution >= 0.6 is 0 Å². The second-order valence-corrected chi connectivity index (χ2v) is 5.01. The van der Waals surface area contributed by atoms with E-state index in [0.29, 0.717) is 11.6 Å². The summed E-state index contributed by atoms with van der Waals surface area (Å²) in [7, 11) is 0. The van der Waals surface area contributed by atoms with Crippen LogP contribution in [0.2, 0.25) is 0 Å². The highest BCUT2D eigenvalue weighted by Crippen LogP contribution is 2.26. The molecule has 4 nitrogen and oxygen atoms in total. The van der Waals surface area contributed by atoms with Crippen molar-refractivity contribution in [2.75, 3.05) is 0 Å². The van der Waals surface area contributed by atoms with Crippen molar-refractivity contribution in [1.29, 1.82) is 0 Å². The van der Waals surface area contributed by atoms with Gasteiger partial charge in [-0.05, 0) is 39.0 Å². The molecular weight excluding hydrogens is 202 g/mol. The Bertz CT molecular complexity index is 395. The Morgan fingerprint density at radius 2 is 2.31 bits per heavy atom. The van der Waals surface area contributed by atoms with Crippen LogP contribution in [0.5, 0.6) is 0 Å². The number of carbonyl (C=O) groups excluding carboxylic acids is 1. The molecule has 0 aromatic carbocycles. The fraction of sp³-hybridized carbons (Fsp3) is 0.667. The van der Waals surface area contributed by atoms with Crippen molar-refractivity contribution in [3.05, 3.63) is 17.0 Å². The largest absolute Gasteiger partial charge is 0.348 e. The van der Waals surface area contributed by atoms with Gasteiger partial charge >= 0.3 is 0 Å². The van der Waals surface area contributed by atoms with Gasteiger partial charge in [-0.1, -0.05) is 6.92 Å². The van der Waals surface area contributed by atoms with E-state index in [-0.39, 0.29) is 11.9 Å². The van der Waals surface area contributed by atoms with Gasteiger partial charge in [-0.2, -0.15) is 5.10 Å². The summed E-state index contributed by atoms with van der Waals surface area (Å²) < 4.78 is 0. The number of nitrogens with one attached hydrogen (secondary N) is 2. The molecule has 2 rings (SSSR count). The number of fused-ring (bicyclic) bond motifs is 1. The molecule has 1 atom stereocenters. The normalized spacial score (nSPS) is 19.6. The topological polar surface area (TPSA) is 57.8 Å². The summed E-state index contributed by atoms with van der Waals surface area (Å²) in [5.74, 6) is 0.595. The van der Waals surface area contributed by atoms with E-state index in [1.807, 2.05) is 13.8 Å². The van der Waals surface area contributed by atoms with E-state index in [1.54, 1.807) is 0 Å². The van der Waals surface area contributed by atoms with Gasteiger partial charge in [0.1, 0.15) is 0 Å². The van der Waals surface area contributed by atoms with Crippen LogP contribution in [-0.2, 0) is 12.8 Å². The van der Waals surface area contributed by atoms with Crippen molar-refractivity contribution in [2.45, 2.75) is 46.1 Å². The molecule has 1 aliphatic rings. The first-order valence-corrected chi connectivity index (χ1v) is 5.95. The van der Waals surface area contributed by atoms with Crippen LogP contribution in [0, 0.1) is 5.92 Å². The molecule has 0 aliphatic heterocycles. The summed E-state index contributed by atoms with van der Waals surface area (Å²) in [6, 6.07) is 0.154. The first-order valence-electron chi connectivity index (χ1n) is 5.95. The van der Waals surface area contributed by atoms with E-state index in [1.165, 1.54) is 6.42 Å². The number of aromatic amines is 1. The first kappa shape index (κ1) is 11.2. The maximum absolute atomic E-state index is 11.9. The van der Waals surface area contributed by atoms with Crippen molar-refractivity contribution < 1.29 is 4.79 Å². The van der Waals surface area contributed by atoms with Crippen LogP contribution in [0.15, 0.2) is 0 Å². The molecule has 0 fully saturated rings. The van der Waals surface area contributed by atoms with Gasteiger partial charge in [-0.15, -0.1) is 0 Å². The lowest BCUT2D eigenvalue weighted by molar-refractivity contribution is 0.0937. The number of rotatable bonds is 2. The molecule has 1 heterocycles. The van der Waals surface area contributed by atoms with Gasteiger partial charge in [0.15, 0.2) is 5.69 Å². The molecule has 0 radical (unpaired) electrons. The number of aryl methyl sites for hydroxylation is 1. The zero-order valence-corrected chi connectivity index (χ0v) is 10.1.